The fourth-order valence-electron chi connectivity index (χ4n) is 3.08. The smallest absolute Gasteiger partial charge is 0.246 e. The Morgan fingerprint density at radius 2 is 2.11 bits per heavy atom. The van der Waals surface area contributed by atoms with Crippen LogP contribution in [0.4, 0.5) is 5.69 Å². The van der Waals surface area contributed by atoms with Crippen LogP contribution < -0.4 is 10.6 Å². The van der Waals surface area contributed by atoms with Crippen molar-refractivity contribution in [3.05, 3.63) is 29.3 Å². The molecule has 1 amide bonds. The van der Waals surface area contributed by atoms with E-state index < -0.39 is 0 Å². The van der Waals surface area contributed by atoms with E-state index in [1.54, 1.807) is 0 Å². The van der Waals surface area contributed by atoms with Gasteiger partial charge in [-0.2, -0.15) is 0 Å². The van der Waals surface area contributed by atoms with E-state index in [0.29, 0.717) is 0 Å². The van der Waals surface area contributed by atoms with E-state index in [4.69, 9.17) is 0 Å². The number of amides is 1. The zero-order valence-electron chi connectivity index (χ0n) is 10.8. The lowest BCUT2D eigenvalue weighted by Crippen LogP contribution is -2.31. The van der Waals surface area contributed by atoms with Gasteiger partial charge in [-0.3, -0.25) is 4.79 Å². The molecule has 1 aliphatic carbocycles. The van der Waals surface area contributed by atoms with Gasteiger partial charge in [0.2, 0.25) is 5.91 Å². The van der Waals surface area contributed by atoms with Gasteiger partial charge in [-0.15, -0.1) is 0 Å². The molecule has 0 radical (unpaired) electrons. The van der Waals surface area contributed by atoms with Crippen molar-refractivity contribution in [1.82, 2.24) is 5.32 Å². The third kappa shape index (κ3) is 2.15. The zero-order chi connectivity index (χ0) is 12.5. The molecule has 1 saturated carbocycles. The Bertz CT molecular complexity index is 464. The van der Waals surface area contributed by atoms with E-state index in [2.05, 4.69) is 23.6 Å². The minimum absolute atomic E-state index is 0.0913. The summed E-state index contributed by atoms with van der Waals surface area (Å²) in [5, 5.41) is 6.39. The number of carbonyl (C=O) groups excluding carboxylic acids is 1. The molecule has 0 spiro atoms. The number of fused-ring (bicyclic) bond motifs is 1. The standard InChI is InChI=1S/C15H20N2O/c1-10-6-7-13-12(8-10)14(15(18)17-13)16-9-11-4-2-3-5-11/h6-8,11,14,16H,2-5,9H2,1H3,(H,17,18). The maximum atomic E-state index is 12.0. The highest BCUT2D eigenvalue weighted by Crippen LogP contribution is 2.32. The van der Waals surface area contributed by atoms with Crippen LogP contribution in [0.25, 0.3) is 0 Å². The van der Waals surface area contributed by atoms with Gasteiger partial charge >= 0.3 is 0 Å². The monoisotopic (exact) mass is 244 g/mol. The van der Waals surface area contributed by atoms with Gasteiger partial charge in [-0.25, -0.2) is 0 Å². The lowest BCUT2D eigenvalue weighted by molar-refractivity contribution is -0.117. The highest BCUT2D eigenvalue weighted by atomic mass is 16.2. The van der Waals surface area contributed by atoms with Gasteiger partial charge in [0.15, 0.2) is 0 Å². The van der Waals surface area contributed by atoms with Crippen LogP contribution in [0.2, 0.25) is 0 Å². The average Bonchev–Trinajstić information content (AvgIpc) is 2.94. The maximum Gasteiger partial charge on any atom is 0.246 e. The fourth-order valence-corrected chi connectivity index (χ4v) is 3.08. The largest absolute Gasteiger partial charge is 0.324 e. The summed E-state index contributed by atoms with van der Waals surface area (Å²) in [6.45, 7) is 3.03. The molecular formula is C15H20N2O. The first kappa shape index (κ1) is 11.7. The Balaban J connectivity index is 1.72. The molecule has 1 fully saturated rings. The van der Waals surface area contributed by atoms with Gasteiger partial charge in [0.25, 0.3) is 0 Å². The molecule has 3 nitrogen and oxygen atoms in total. The number of rotatable bonds is 3. The van der Waals surface area contributed by atoms with Gasteiger partial charge in [0.05, 0.1) is 0 Å². The van der Waals surface area contributed by atoms with Crippen molar-refractivity contribution in [2.24, 2.45) is 5.92 Å². The maximum absolute atomic E-state index is 12.0. The average molecular weight is 244 g/mol. The molecule has 1 aromatic rings. The Morgan fingerprint density at radius 1 is 1.33 bits per heavy atom. The van der Waals surface area contributed by atoms with Crippen LogP contribution in [-0.2, 0) is 4.79 Å². The van der Waals surface area contributed by atoms with E-state index in [1.807, 2.05) is 12.1 Å². The highest BCUT2D eigenvalue weighted by Gasteiger charge is 2.30. The molecule has 3 rings (SSSR count). The molecule has 1 heterocycles. The molecule has 0 aromatic heterocycles. The minimum Gasteiger partial charge on any atom is -0.324 e. The Kier molecular flexibility index (Phi) is 3.08. The van der Waals surface area contributed by atoms with Crippen LogP contribution in [-0.4, -0.2) is 12.5 Å². The van der Waals surface area contributed by atoms with Crippen molar-refractivity contribution in [3.63, 3.8) is 0 Å². The van der Waals surface area contributed by atoms with E-state index in [9.17, 15) is 4.79 Å². The summed E-state index contributed by atoms with van der Waals surface area (Å²) in [6, 6.07) is 6.00. The first-order valence-electron chi connectivity index (χ1n) is 6.89. The van der Waals surface area contributed by atoms with Crippen LogP contribution in [0.15, 0.2) is 18.2 Å². The molecule has 1 unspecified atom stereocenters. The second-order valence-corrected chi connectivity index (χ2v) is 5.57. The van der Waals surface area contributed by atoms with Crippen LogP contribution in [0, 0.1) is 12.8 Å². The lowest BCUT2D eigenvalue weighted by atomic mass is 10.0. The number of benzene rings is 1. The van der Waals surface area contributed by atoms with Gasteiger partial charge in [-0.05, 0) is 38.3 Å². The van der Waals surface area contributed by atoms with Crippen LogP contribution in [0.5, 0.6) is 0 Å². The van der Waals surface area contributed by atoms with Gasteiger partial charge in [0, 0.05) is 11.3 Å². The van der Waals surface area contributed by atoms with Crippen LogP contribution >= 0.6 is 0 Å². The van der Waals surface area contributed by atoms with Gasteiger partial charge < -0.3 is 10.6 Å². The van der Waals surface area contributed by atoms with Crippen molar-refractivity contribution < 1.29 is 4.79 Å². The third-order valence-corrected chi connectivity index (χ3v) is 4.12. The summed E-state index contributed by atoms with van der Waals surface area (Å²) < 4.78 is 0. The number of anilines is 1. The van der Waals surface area contributed by atoms with Crippen molar-refractivity contribution >= 4 is 11.6 Å². The van der Waals surface area contributed by atoms with E-state index in [1.165, 1.54) is 31.2 Å². The Morgan fingerprint density at radius 3 is 2.89 bits per heavy atom. The summed E-state index contributed by atoms with van der Waals surface area (Å²) >= 11 is 0. The predicted octanol–water partition coefficient (Wildman–Crippen LogP) is 2.77. The molecule has 1 atom stereocenters. The van der Waals surface area contributed by atoms with E-state index >= 15 is 0 Å². The number of nitrogens with one attached hydrogen (secondary N) is 2. The van der Waals surface area contributed by atoms with Crippen molar-refractivity contribution in [3.8, 4) is 0 Å². The summed E-state index contributed by atoms with van der Waals surface area (Å²) in [5.41, 5.74) is 3.28. The van der Waals surface area contributed by atoms with Crippen molar-refractivity contribution in [1.29, 1.82) is 0 Å². The second kappa shape index (κ2) is 4.73. The van der Waals surface area contributed by atoms with Crippen LogP contribution in [0.1, 0.15) is 42.9 Å². The number of aryl methyl sites for hydroxylation is 1. The molecule has 0 saturated heterocycles. The Hall–Kier alpha value is -1.35. The first-order valence-corrected chi connectivity index (χ1v) is 6.89. The summed E-state index contributed by atoms with van der Waals surface area (Å²) in [7, 11) is 0. The topological polar surface area (TPSA) is 41.1 Å². The highest BCUT2D eigenvalue weighted by molar-refractivity contribution is 6.02. The number of carbonyl (C=O) groups is 1. The van der Waals surface area contributed by atoms with Crippen molar-refractivity contribution in [2.75, 3.05) is 11.9 Å². The van der Waals surface area contributed by atoms with E-state index in [0.717, 1.165) is 23.7 Å². The molecular weight excluding hydrogens is 224 g/mol. The minimum atomic E-state index is -0.152. The Labute approximate surface area is 108 Å². The molecule has 1 aromatic carbocycles. The summed E-state index contributed by atoms with van der Waals surface area (Å²) in [4.78, 5) is 12.0. The first-order chi connectivity index (χ1) is 8.74. The molecule has 3 heteroatoms. The number of hydrogen-bond acceptors (Lipinski definition) is 2. The zero-order valence-corrected chi connectivity index (χ0v) is 10.8. The third-order valence-electron chi connectivity index (χ3n) is 4.12. The molecule has 18 heavy (non-hydrogen) atoms. The molecule has 2 N–H and O–H groups in total. The normalized spacial score (nSPS) is 23.2. The second-order valence-electron chi connectivity index (χ2n) is 5.57. The molecule has 1 aliphatic heterocycles. The molecule has 96 valence electrons. The molecule has 2 aliphatic rings. The van der Waals surface area contributed by atoms with Crippen LogP contribution in [0.3, 0.4) is 0 Å². The predicted molar refractivity (Wildman–Crippen MR) is 72.5 cm³/mol. The number of hydrogen-bond donors (Lipinski definition) is 2. The molecule has 0 bridgehead atoms. The summed E-state index contributed by atoms with van der Waals surface area (Å²) in [5.74, 6) is 0.847. The SMILES string of the molecule is Cc1ccc2c(c1)C(NCC1CCCC1)C(=O)N2. The summed E-state index contributed by atoms with van der Waals surface area (Å²) in [6.07, 6.45) is 5.31. The lowest BCUT2D eigenvalue weighted by Gasteiger charge is -2.15. The van der Waals surface area contributed by atoms with Crippen molar-refractivity contribution in [2.45, 2.75) is 38.6 Å². The fraction of sp³-hybridized carbons (Fsp3) is 0.533. The van der Waals surface area contributed by atoms with Gasteiger partial charge in [0.1, 0.15) is 6.04 Å². The van der Waals surface area contributed by atoms with E-state index in [-0.39, 0.29) is 11.9 Å². The van der Waals surface area contributed by atoms with Gasteiger partial charge in [-0.1, -0.05) is 30.5 Å². The quantitative estimate of drug-likeness (QED) is 0.858.